The lowest BCUT2D eigenvalue weighted by molar-refractivity contribution is 0.252. The number of carbonyl (C=O) groups excluding carboxylic acids is 1. The van der Waals surface area contributed by atoms with E-state index in [9.17, 15) is 4.79 Å². The summed E-state index contributed by atoms with van der Waals surface area (Å²) in [5.41, 5.74) is 3.47. The van der Waals surface area contributed by atoms with Gasteiger partial charge in [0.15, 0.2) is 0 Å². The molecule has 2 amide bonds. The van der Waals surface area contributed by atoms with Gasteiger partial charge in [0.1, 0.15) is 0 Å². The van der Waals surface area contributed by atoms with Gasteiger partial charge in [-0.05, 0) is 18.2 Å². The molecule has 84 valence electrons. The molecule has 1 heterocycles. The first-order valence-electron chi connectivity index (χ1n) is 4.73. The molecule has 0 aliphatic carbocycles. The lowest BCUT2D eigenvalue weighted by atomic mass is 10.3. The Kier molecular flexibility index (Phi) is 3.58. The highest BCUT2D eigenvalue weighted by Crippen LogP contribution is 2.21. The SMILES string of the molecule is O=C(NCCCl)Nc1ccc2ncsc2c1. The van der Waals surface area contributed by atoms with Crippen LogP contribution in [0, 0.1) is 0 Å². The Balaban J connectivity index is 2.06. The topological polar surface area (TPSA) is 54.0 Å². The first-order chi connectivity index (χ1) is 7.79. The van der Waals surface area contributed by atoms with Crippen LogP contribution < -0.4 is 10.6 Å². The van der Waals surface area contributed by atoms with E-state index in [1.165, 1.54) is 0 Å². The smallest absolute Gasteiger partial charge is 0.319 e. The van der Waals surface area contributed by atoms with Crippen molar-refractivity contribution >= 4 is 44.9 Å². The van der Waals surface area contributed by atoms with E-state index >= 15 is 0 Å². The summed E-state index contributed by atoms with van der Waals surface area (Å²) in [5.74, 6) is 0.404. The van der Waals surface area contributed by atoms with Crippen LogP contribution in [0.25, 0.3) is 10.2 Å². The summed E-state index contributed by atoms with van der Waals surface area (Å²) < 4.78 is 1.05. The summed E-state index contributed by atoms with van der Waals surface area (Å²) >= 11 is 7.01. The fourth-order valence-corrected chi connectivity index (χ4v) is 2.08. The van der Waals surface area contributed by atoms with Gasteiger partial charge in [-0.1, -0.05) is 0 Å². The van der Waals surface area contributed by atoms with Gasteiger partial charge in [0, 0.05) is 18.1 Å². The van der Waals surface area contributed by atoms with E-state index in [1.54, 1.807) is 16.8 Å². The zero-order chi connectivity index (χ0) is 11.4. The zero-order valence-corrected chi connectivity index (χ0v) is 9.94. The van der Waals surface area contributed by atoms with Crippen molar-refractivity contribution in [2.75, 3.05) is 17.7 Å². The monoisotopic (exact) mass is 255 g/mol. The van der Waals surface area contributed by atoms with Crippen LogP contribution in [-0.2, 0) is 0 Å². The van der Waals surface area contributed by atoms with Crippen molar-refractivity contribution in [3.8, 4) is 0 Å². The molecule has 1 aromatic heterocycles. The number of nitrogens with one attached hydrogen (secondary N) is 2. The quantitative estimate of drug-likeness (QED) is 0.829. The maximum atomic E-state index is 11.4. The molecule has 0 fully saturated rings. The van der Waals surface area contributed by atoms with Crippen molar-refractivity contribution in [2.45, 2.75) is 0 Å². The van der Waals surface area contributed by atoms with E-state index in [0.717, 1.165) is 15.9 Å². The Morgan fingerprint density at radius 3 is 3.19 bits per heavy atom. The van der Waals surface area contributed by atoms with Crippen molar-refractivity contribution < 1.29 is 4.79 Å². The highest BCUT2D eigenvalue weighted by atomic mass is 35.5. The van der Waals surface area contributed by atoms with Crippen molar-refractivity contribution in [1.82, 2.24) is 10.3 Å². The molecule has 0 unspecified atom stereocenters. The molecular formula is C10H10ClN3OS. The largest absolute Gasteiger partial charge is 0.337 e. The van der Waals surface area contributed by atoms with Crippen LogP contribution in [0.4, 0.5) is 10.5 Å². The average molecular weight is 256 g/mol. The van der Waals surface area contributed by atoms with Gasteiger partial charge in [-0.25, -0.2) is 9.78 Å². The van der Waals surface area contributed by atoms with Crippen LogP contribution in [-0.4, -0.2) is 23.4 Å². The number of carbonyl (C=O) groups is 1. The Bertz CT molecular complexity index is 500. The summed E-state index contributed by atoms with van der Waals surface area (Å²) in [6.45, 7) is 0.455. The van der Waals surface area contributed by atoms with Gasteiger partial charge in [0.05, 0.1) is 15.7 Å². The van der Waals surface area contributed by atoms with Crippen LogP contribution >= 0.6 is 22.9 Å². The van der Waals surface area contributed by atoms with E-state index in [-0.39, 0.29) is 6.03 Å². The van der Waals surface area contributed by atoms with Crippen LogP contribution in [0.1, 0.15) is 0 Å². The summed E-state index contributed by atoms with van der Waals surface area (Å²) in [7, 11) is 0. The number of fused-ring (bicyclic) bond motifs is 1. The molecule has 0 spiro atoms. The number of aromatic nitrogens is 1. The van der Waals surface area contributed by atoms with Crippen LogP contribution in [0.5, 0.6) is 0 Å². The summed E-state index contributed by atoms with van der Waals surface area (Å²) in [4.78, 5) is 15.5. The number of urea groups is 1. The van der Waals surface area contributed by atoms with Gasteiger partial charge < -0.3 is 10.6 Å². The number of thiazole rings is 1. The predicted molar refractivity (Wildman–Crippen MR) is 67.4 cm³/mol. The molecule has 2 N–H and O–H groups in total. The van der Waals surface area contributed by atoms with Gasteiger partial charge in [-0.15, -0.1) is 22.9 Å². The molecule has 4 nitrogen and oxygen atoms in total. The maximum absolute atomic E-state index is 11.4. The van der Waals surface area contributed by atoms with E-state index in [2.05, 4.69) is 15.6 Å². The molecule has 0 bridgehead atoms. The number of anilines is 1. The second kappa shape index (κ2) is 5.14. The molecule has 2 aromatic rings. The standard InChI is InChI=1S/C10H10ClN3OS/c11-3-4-12-10(15)14-7-1-2-8-9(5-7)16-6-13-8/h1-2,5-6H,3-4H2,(H2,12,14,15). The minimum absolute atomic E-state index is 0.246. The van der Waals surface area contributed by atoms with Crippen molar-refractivity contribution in [1.29, 1.82) is 0 Å². The van der Waals surface area contributed by atoms with Gasteiger partial charge in [-0.3, -0.25) is 0 Å². The number of alkyl halides is 1. The zero-order valence-electron chi connectivity index (χ0n) is 8.37. The van der Waals surface area contributed by atoms with E-state index < -0.39 is 0 Å². The Labute approximate surface area is 102 Å². The highest BCUT2D eigenvalue weighted by molar-refractivity contribution is 7.16. The maximum Gasteiger partial charge on any atom is 0.319 e. The molecule has 6 heteroatoms. The third-order valence-electron chi connectivity index (χ3n) is 1.97. The van der Waals surface area contributed by atoms with Crippen molar-refractivity contribution in [3.05, 3.63) is 23.7 Å². The lowest BCUT2D eigenvalue weighted by Gasteiger charge is -2.05. The Morgan fingerprint density at radius 1 is 1.50 bits per heavy atom. The Hall–Kier alpha value is -1.33. The number of hydrogen-bond donors (Lipinski definition) is 2. The highest BCUT2D eigenvalue weighted by Gasteiger charge is 2.02. The van der Waals surface area contributed by atoms with E-state index in [0.29, 0.717) is 12.4 Å². The molecule has 0 saturated carbocycles. The van der Waals surface area contributed by atoms with Crippen LogP contribution in [0.3, 0.4) is 0 Å². The first-order valence-corrected chi connectivity index (χ1v) is 6.15. The first kappa shape index (κ1) is 11.2. The number of nitrogens with zero attached hydrogens (tertiary/aromatic N) is 1. The minimum Gasteiger partial charge on any atom is -0.337 e. The van der Waals surface area contributed by atoms with Crippen molar-refractivity contribution in [3.63, 3.8) is 0 Å². The van der Waals surface area contributed by atoms with Crippen LogP contribution in [0.15, 0.2) is 23.7 Å². The number of benzene rings is 1. The number of halogens is 1. The van der Waals surface area contributed by atoms with E-state index in [1.807, 2.05) is 18.2 Å². The molecule has 0 aliphatic heterocycles. The minimum atomic E-state index is -0.246. The normalized spacial score (nSPS) is 10.3. The number of hydrogen-bond acceptors (Lipinski definition) is 3. The molecule has 0 radical (unpaired) electrons. The second-order valence-electron chi connectivity index (χ2n) is 3.10. The molecule has 1 aromatic carbocycles. The summed E-state index contributed by atoms with van der Waals surface area (Å²) in [5, 5.41) is 5.36. The molecule has 0 aliphatic rings. The van der Waals surface area contributed by atoms with Crippen LogP contribution in [0.2, 0.25) is 0 Å². The predicted octanol–water partition coefficient (Wildman–Crippen LogP) is 2.66. The molecule has 0 atom stereocenters. The van der Waals surface area contributed by atoms with Gasteiger partial charge in [-0.2, -0.15) is 0 Å². The number of amides is 2. The average Bonchev–Trinajstić information content (AvgIpc) is 2.73. The second-order valence-corrected chi connectivity index (χ2v) is 4.37. The third-order valence-corrected chi connectivity index (χ3v) is 2.95. The lowest BCUT2D eigenvalue weighted by Crippen LogP contribution is -2.30. The van der Waals surface area contributed by atoms with E-state index in [4.69, 9.17) is 11.6 Å². The fourth-order valence-electron chi connectivity index (χ4n) is 1.27. The molecular weight excluding hydrogens is 246 g/mol. The molecule has 16 heavy (non-hydrogen) atoms. The third kappa shape index (κ3) is 2.62. The van der Waals surface area contributed by atoms with Gasteiger partial charge >= 0.3 is 6.03 Å². The molecule has 2 rings (SSSR count). The van der Waals surface area contributed by atoms with Gasteiger partial charge in [0.25, 0.3) is 0 Å². The summed E-state index contributed by atoms with van der Waals surface area (Å²) in [6, 6.07) is 5.35. The van der Waals surface area contributed by atoms with Crippen molar-refractivity contribution in [2.24, 2.45) is 0 Å². The van der Waals surface area contributed by atoms with Gasteiger partial charge in [0.2, 0.25) is 0 Å². The number of rotatable bonds is 3. The Morgan fingerprint density at radius 2 is 2.38 bits per heavy atom. The summed E-state index contributed by atoms with van der Waals surface area (Å²) in [6.07, 6.45) is 0. The molecule has 0 saturated heterocycles. The fraction of sp³-hybridized carbons (Fsp3) is 0.200.